The fourth-order valence-electron chi connectivity index (χ4n) is 3.14. The number of rotatable bonds is 3. The zero-order chi connectivity index (χ0) is 16.6. The van der Waals surface area contributed by atoms with E-state index in [-0.39, 0.29) is 18.0 Å². The molecule has 1 aromatic rings. The predicted octanol–water partition coefficient (Wildman–Crippen LogP) is 0.901. The summed E-state index contributed by atoms with van der Waals surface area (Å²) in [6, 6.07) is 5.90. The number of urea groups is 1. The topological polar surface area (TPSA) is 90.0 Å². The maximum absolute atomic E-state index is 12.7. The van der Waals surface area contributed by atoms with Crippen LogP contribution in [0.1, 0.15) is 28.8 Å². The normalized spacial score (nSPS) is 20.8. The molecule has 3 amide bonds. The van der Waals surface area contributed by atoms with E-state index in [2.05, 4.69) is 10.2 Å². The average Bonchev–Trinajstić information content (AvgIpc) is 2.75. The number of carbonyl (C=O) groups is 3. The highest BCUT2D eigenvalue weighted by Crippen LogP contribution is 2.30. The van der Waals surface area contributed by atoms with E-state index in [0.717, 1.165) is 13.1 Å². The Morgan fingerprint density at radius 2 is 2.00 bits per heavy atom. The van der Waals surface area contributed by atoms with Gasteiger partial charge in [0.2, 0.25) is 0 Å². The van der Waals surface area contributed by atoms with Crippen molar-refractivity contribution < 1.29 is 19.5 Å². The lowest BCUT2D eigenvalue weighted by Gasteiger charge is -2.35. The Hall–Kier alpha value is -2.41. The number of carboxylic acid groups (broad SMARTS) is 1. The average molecular weight is 317 g/mol. The number of imide groups is 1. The quantitative estimate of drug-likeness (QED) is 0.809. The van der Waals surface area contributed by atoms with Gasteiger partial charge in [-0.15, -0.1) is 0 Å². The minimum absolute atomic E-state index is 0.0867. The number of carbonyl (C=O) groups excluding carboxylic acids is 2. The second-order valence-electron chi connectivity index (χ2n) is 6.21. The molecule has 0 radical (unpaired) electrons. The summed E-state index contributed by atoms with van der Waals surface area (Å²) in [4.78, 5) is 39.3. The van der Waals surface area contributed by atoms with Crippen LogP contribution in [0.3, 0.4) is 0 Å². The molecule has 1 aromatic carbocycles. The molecule has 2 aliphatic heterocycles. The van der Waals surface area contributed by atoms with Crippen LogP contribution in [-0.2, 0) is 11.3 Å². The number of amides is 3. The molecule has 0 unspecified atom stereocenters. The highest BCUT2D eigenvalue weighted by molar-refractivity contribution is 6.07. The first-order chi connectivity index (χ1) is 10.9. The van der Waals surface area contributed by atoms with Crippen LogP contribution in [0.25, 0.3) is 0 Å². The van der Waals surface area contributed by atoms with Crippen molar-refractivity contribution in [3.05, 3.63) is 35.4 Å². The molecule has 7 heteroatoms. The van der Waals surface area contributed by atoms with Crippen LogP contribution in [-0.4, -0.2) is 58.5 Å². The lowest BCUT2D eigenvalue weighted by atomic mass is 9.87. The molecule has 122 valence electrons. The molecule has 0 saturated carbocycles. The van der Waals surface area contributed by atoms with Gasteiger partial charge in [0.1, 0.15) is 5.54 Å². The van der Waals surface area contributed by atoms with Gasteiger partial charge in [0, 0.05) is 13.1 Å². The maximum Gasteiger partial charge on any atom is 0.335 e. The van der Waals surface area contributed by atoms with E-state index in [1.807, 2.05) is 7.05 Å². The zero-order valence-corrected chi connectivity index (χ0v) is 12.9. The van der Waals surface area contributed by atoms with Gasteiger partial charge in [-0.25, -0.2) is 9.59 Å². The number of piperidine rings is 1. The number of likely N-dealkylation sites (tertiary alicyclic amines) is 1. The second kappa shape index (κ2) is 5.66. The van der Waals surface area contributed by atoms with Gasteiger partial charge in [-0.1, -0.05) is 12.1 Å². The van der Waals surface area contributed by atoms with Crippen molar-refractivity contribution in [2.75, 3.05) is 20.1 Å². The van der Waals surface area contributed by atoms with E-state index in [4.69, 9.17) is 5.11 Å². The van der Waals surface area contributed by atoms with Crippen molar-refractivity contribution in [3.8, 4) is 0 Å². The van der Waals surface area contributed by atoms with Crippen molar-refractivity contribution in [3.63, 3.8) is 0 Å². The van der Waals surface area contributed by atoms with Gasteiger partial charge in [-0.3, -0.25) is 9.69 Å². The van der Waals surface area contributed by atoms with Gasteiger partial charge < -0.3 is 15.3 Å². The third kappa shape index (κ3) is 2.79. The van der Waals surface area contributed by atoms with Crippen LogP contribution >= 0.6 is 0 Å². The maximum atomic E-state index is 12.7. The summed E-state index contributed by atoms with van der Waals surface area (Å²) in [6.45, 7) is 1.60. The fraction of sp³-hybridized carbons (Fsp3) is 0.438. The molecule has 3 rings (SSSR count). The van der Waals surface area contributed by atoms with Gasteiger partial charge in [-0.2, -0.15) is 0 Å². The molecule has 7 nitrogen and oxygen atoms in total. The number of nitrogens with one attached hydrogen (secondary N) is 1. The number of aromatic carboxylic acids is 1. The first-order valence-electron chi connectivity index (χ1n) is 7.56. The fourth-order valence-corrected chi connectivity index (χ4v) is 3.14. The number of hydrogen-bond acceptors (Lipinski definition) is 4. The minimum Gasteiger partial charge on any atom is -0.478 e. The largest absolute Gasteiger partial charge is 0.478 e. The molecule has 0 bridgehead atoms. The molecular formula is C16H19N3O4. The molecule has 2 heterocycles. The Balaban J connectivity index is 1.78. The first kappa shape index (κ1) is 15.5. The van der Waals surface area contributed by atoms with Crippen LogP contribution < -0.4 is 5.32 Å². The summed E-state index contributed by atoms with van der Waals surface area (Å²) < 4.78 is 0. The monoisotopic (exact) mass is 317 g/mol. The van der Waals surface area contributed by atoms with E-state index in [0.29, 0.717) is 18.4 Å². The van der Waals surface area contributed by atoms with E-state index < -0.39 is 17.5 Å². The molecule has 2 fully saturated rings. The van der Waals surface area contributed by atoms with Crippen molar-refractivity contribution in [1.82, 2.24) is 15.1 Å². The molecular weight excluding hydrogens is 298 g/mol. The van der Waals surface area contributed by atoms with Gasteiger partial charge in [-0.05, 0) is 37.6 Å². The van der Waals surface area contributed by atoms with Crippen molar-refractivity contribution >= 4 is 17.9 Å². The summed E-state index contributed by atoms with van der Waals surface area (Å²) >= 11 is 0. The summed E-state index contributed by atoms with van der Waals surface area (Å²) in [7, 11) is 1.99. The Morgan fingerprint density at radius 3 is 2.65 bits per heavy atom. The van der Waals surface area contributed by atoms with Crippen molar-refractivity contribution in [1.29, 1.82) is 0 Å². The minimum atomic E-state index is -1.03. The number of benzene rings is 1. The number of nitrogens with zero attached hydrogens (tertiary/aromatic N) is 2. The predicted molar refractivity (Wildman–Crippen MR) is 81.9 cm³/mol. The van der Waals surface area contributed by atoms with E-state index in [1.54, 1.807) is 12.1 Å². The van der Waals surface area contributed by atoms with E-state index in [9.17, 15) is 14.4 Å². The van der Waals surface area contributed by atoms with Gasteiger partial charge >= 0.3 is 12.0 Å². The first-order valence-corrected chi connectivity index (χ1v) is 7.56. The SMILES string of the molecule is CN1CCC2(CC1)NC(=O)N(Cc1cccc(C(=O)O)c1)C2=O. The second-order valence-corrected chi connectivity index (χ2v) is 6.21. The summed E-state index contributed by atoms with van der Waals surface area (Å²) in [5.74, 6) is -1.24. The molecule has 0 atom stereocenters. The number of carboxylic acids is 1. The highest BCUT2D eigenvalue weighted by atomic mass is 16.4. The third-order valence-corrected chi connectivity index (χ3v) is 4.60. The van der Waals surface area contributed by atoms with Crippen LogP contribution in [0.2, 0.25) is 0 Å². The number of hydrogen-bond donors (Lipinski definition) is 2. The van der Waals surface area contributed by atoms with Gasteiger partial charge in [0.05, 0.1) is 12.1 Å². The highest BCUT2D eigenvalue weighted by Gasteiger charge is 2.51. The Kier molecular flexibility index (Phi) is 3.81. The zero-order valence-electron chi connectivity index (χ0n) is 12.9. The summed E-state index contributed by atoms with van der Waals surface area (Å²) in [6.07, 6.45) is 1.19. The van der Waals surface area contributed by atoms with Crippen LogP contribution in [0.15, 0.2) is 24.3 Å². The smallest absolute Gasteiger partial charge is 0.335 e. The molecule has 0 aliphatic carbocycles. The molecule has 0 aromatic heterocycles. The van der Waals surface area contributed by atoms with Crippen LogP contribution in [0.4, 0.5) is 4.79 Å². The Labute approximate surface area is 133 Å². The lowest BCUT2D eigenvalue weighted by molar-refractivity contribution is -0.133. The summed E-state index contributed by atoms with van der Waals surface area (Å²) in [5.41, 5.74) is -0.0319. The molecule has 23 heavy (non-hydrogen) atoms. The molecule has 1 spiro atoms. The van der Waals surface area contributed by atoms with E-state index in [1.165, 1.54) is 17.0 Å². The lowest BCUT2D eigenvalue weighted by Crippen LogP contribution is -2.54. The molecule has 2 aliphatic rings. The molecule has 2 saturated heterocycles. The standard InChI is InChI=1S/C16H19N3O4/c1-18-7-5-16(6-8-18)14(22)19(15(23)17-16)10-11-3-2-4-12(9-11)13(20)21/h2-4,9H,5-8,10H2,1H3,(H,17,23)(H,20,21). The van der Waals surface area contributed by atoms with Gasteiger partial charge in [0.15, 0.2) is 0 Å². The van der Waals surface area contributed by atoms with Crippen molar-refractivity contribution in [2.45, 2.75) is 24.9 Å². The van der Waals surface area contributed by atoms with Gasteiger partial charge in [0.25, 0.3) is 5.91 Å². The molecule has 2 N–H and O–H groups in total. The van der Waals surface area contributed by atoms with Crippen molar-refractivity contribution in [2.24, 2.45) is 0 Å². The van der Waals surface area contributed by atoms with Crippen LogP contribution in [0, 0.1) is 0 Å². The van der Waals surface area contributed by atoms with E-state index >= 15 is 0 Å². The Morgan fingerprint density at radius 1 is 1.30 bits per heavy atom. The third-order valence-electron chi connectivity index (χ3n) is 4.60. The van der Waals surface area contributed by atoms with Crippen LogP contribution in [0.5, 0.6) is 0 Å². The Bertz CT molecular complexity index is 665. The summed E-state index contributed by atoms with van der Waals surface area (Å²) in [5, 5.41) is 11.9.